The molecule has 0 aliphatic heterocycles. The molecule has 3 aromatic carbocycles. The zero-order valence-electron chi connectivity index (χ0n) is 44.5. The summed E-state index contributed by atoms with van der Waals surface area (Å²) in [6.45, 7) is 9.42. The van der Waals surface area contributed by atoms with E-state index in [1.54, 1.807) is 68.6 Å². The van der Waals surface area contributed by atoms with Crippen molar-refractivity contribution in [1.29, 1.82) is 0 Å². The molecule has 80 heavy (non-hydrogen) atoms. The van der Waals surface area contributed by atoms with E-state index in [1.807, 2.05) is 37.9 Å². The van der Waals surface area contributed by atoms with E-state index in [1.165, 1.54) is 4.68 Å². The number of amides is 3. The summed E-state index contributed by atoms with van der Waals surface area (Å²) in [6, 6.07) is 15.6. The minimum atomic E-state index is -1.30. The van der Waals surface area contributed by atoms with Gasteiger partial charge in [-0.25, -0.2) is 24.4 Å². The fraction of sp³-hybridized carbons (Fsp3) is 0.377. The van der Waals surface area contributed by atoms with Crippen LogP contribution in [-0.4, -0.2) is 140 Å². The van der Waals surface area contributed by atoms with Crippen molar-refractivity contribution < 1.29 is 43.2 Å². The van der Waals surface area contributed by atoms with Gasteiger partial charge in [-0.15, -0.1) is 0 Å². The van der Waals surface area contributed by atoms with Crippen LogP contribution in [0, 0.1) is 0 Å². The predicted molar refractivity (Wildman–Crippen MR) is 303 cm³/mol. The highest BCUT2D eigenvalue weighted by Crippen LogP contribution is 2.35. The molecule has 4 heterocycles. The number of hydrogen-bond donors (Lipinski definition) is 6. The monoisotopic (exact) mass is 1160 g/mol. The number of carboxylic acid groups (broad SMARTS) is 1. The number of aromatic nitrogens is 8. The summed E-state index contributed by atoms with van der Waals surface area (Å²) in [5.41, 5.74) is 14.3. The Kier molecular flexibility index (Phi) is 20.5. The number of hydrogen-bond acceptors (Lipinski definition) is 18. The van der Waals surface area contributed by atoms with Crippen LogP contribution in [-0.2, 0) is 46.4 Å². The number of benzene rings is 3. The van der Waals surface area contributed by atoms with Gasteiger partial charge in [-0.2, -0.15) is 15.1 Å². The molecule has 0 aliphatic rings. The molecule has 0 spiro atoms. The number of nitrogen functional groups attached to an aromatic ring is 2. The summed E-state index contributed by atoms with van der Waals surface area (Å²) in [4.78, 5) is 90.9. The lowest BCUT2D eigenvalue weighted by Crippen LogP contribution is -2.47. The number of nitrogens with one attached hydrogen (secondary N) is 3. The SMILES string of the molecule is CC(C)c1nn(-c2c(Cl)cc(Cl)cc2Cl)c2nc(Cc3ccc(OC(C)(C)C(=O)NCCOCCOCCOCCNC(=O)CC[C@H](C(=O)O)N(C=O)c4ccc(N(C)Cc5cnc6nc(N)nc(N)c6n5)cc4)cc3)[nH]c(=O)c12. The molecule has 4 aromatic heterocycles. The Morgan fingerprint density at radius 1 is 0.863 bits per heavy atom. The quantitative estimate of drug-likeness (QED) is 0.0244. The van der Waals surface area contributed by atoms with Crippen molar-refractivity contribution >= 4 is 104 Å². The number of H-pyrrole nitrogens is 1. The molecular formula is C53H61Cl3N14O10. The van der Waals surface area contributed by atoms with Crippen LogP contribution >= 0.6 is 34.8 Å². The highest BCUT2D eigenvalue weighted by atomic mass is 35.5. The molecule has 3 amide bonds. The van der Waals surface area contributed by atoms with Gasteiger partial charge in [0.05, 0.1) is 73.8 Å². The van der Waals surface area contributed by atoms with Crippen molar-refractivity contribution in [2.75, 3.05) is 81.0 Å². The van der Waals surface area contributed by atoms with Gasteiger partial charge in [0.15, 0.2) is 28.2 Å². The number of carboxylic acids is 1. The van der Waals surface area contributed by atoms with Crippen LogP contribution in [0.5, 0.6) is 5.75 Å². The van der Waals surface area contributed by atoms with Crippen molar-refractivity contribution in [3.8, 4) is 11.4 Å². The van der Waals surface area contributed by atoms with Crippen molar-refractivity contribution in [3.63, 3.8) is 0 Å². The fourth-order valence-corrected chi connectivity index (χ4v) is 9.24. The van der Waals surface area contributed by atoms with Gasteiger partial charge >= 0.3 is 5.97 Å². The largest absolute Gasteiger partial charge is 0.480 e. The number of nitrogens with zero attached hydrogens (tertiary/aromatic N) is 9. The van der Waals surface area contributed by atoms with Gasteiger partial charge in [0, 0.05) is 49.4 Å². The smallest absolute Gasteiger partial charge is 0.326 e. The van der Waals surface area contributed by atoms with Gasteiger partial charge in [-0.05, 0) is 80.3 Å². The lowest BCUT2D eigenvalue weighted by Gasteiger charge is -2.26. The molecule has 8 N–H and O–H groups in total. The maximum Gasteiger partial charge on any atom is 0.326 e. The minimum Gasteiger partial charge on any atom is -0.480 e. The molecule has 0 radical (unpaired) electrons. The summed E-state index contributed by atoms with van der Waals surface area (Å²) >= 11 is 19.3. The second-order valence-electron chi connectivity index (χ2n) is 19.0. The van der Waals surface area contributed by atoms with Crippen molar-refractivity contribution in [1.82, 2.24) is 50.3 Å². The number of halogens is 3. The summed E-state index contributed by atoms with van der Waals surface area (Å²) in [5, 5.41) is 21.4. The summed E-state index contributed by atoms with van der Waals surface area (Å²) in [6.07, 6.45) is 1.97. The predicted octanol–water partition coefficient (Wildman–Crippen LogP) is 5.65. The molecule has 24 nitrogen and oxygen atoms in total. The Morgan fingerprint density at radius 2 is 1.49 bits per heavy atom. The van der Waals surface area contributed by atoms with Crippen LogP contribution in [0.3, 0.4) is 0 Å². The zero-order chi connectivity index (χ0) is 57.7. The van der Waals surface area contributed by atoms with Gasteiger partial charge in [0.2, 0.25) is 18.3 Å². The van der Waals surface area contributed by atoms with Gasteiger partial charge in [-0.3, -0.25) is 19.2 Å². The number of ether oxygens (including phenoxy) is 4. The third kappa shape index (κ3) is 15.5. The molecular weight excluding hydrogens is 1100 g/mol. The van der Waals surface area contributed by atoms with Crippen LogP contribution in [0.1, 0.15) is 69.2 Å². The molecule has 0 saturated heterocycles. The highest BCUT2D eigenvalue weighted by Gasteiger charge is 2.30. The molecule has 7 rings (SSSR count). The molecule has 1 atom stereocenters. The Morgan fingerprint density at radius 3 is 2.11 bits per heavy atom. The molecule has 27 heteroatoms. The van der Waals surface area contributed by atoms with Crippen LogP contribution in [0.2, 0.25) is 15.1 Å². The van der Waals surface area contributed by atoms with E-state index in [0.717, 1.165) is 16.2 Å². The summed E-state index contributed by atoms with van der Waals surface area (Å²) in [7, 11) is 1.82. The summed E-state index contributed by atoms with van der Waals surface area (Å²) < 4.78 is 24.2. The fourth-order valence-electron chi connectivity index (χ4n) is 8.26. The van der Waals surface area contributed by atoms with Crippen molar-refractivity contribution in [3.05, 3.63) is 115 Å². The zero-order valence-corrected chi connectivity index (χ0v) is 46.8. The molecule has 424 valence electrons. The molecule has 0 unspecified atom stereocenters. The maximum atomic E-state index is 13.5. The van der Waals surface area contributed by atoms with Gasteiger partial charge < -0.3 is 60.9 Å². The molecule has 0 aliphatic carbocycles. The van der Waals surface area contributed by atoms with Gasteiger partial charge in [0.25, 0.3) is 11.5 Å². The third-order valence-corrected chi connectivity index (χ3v) is 13.1. The number of carbonyl (C=O) groups is 4. The molecule has 0 fully saturated rings. The lowest BCUT2D eigenvalue weighted by molar-refractivity contribution is -0.139. The van der Waals surface area contributed by atoms with Crippen LogP contribution < -0.4 is 42.2 Å². The topological polar surface area (TPSA) is 323 Å². The van der Waals surface area contributed by atoms with Crippen LogP contribution in [0.4, 0.5) is 23.1 Å². The average Bonchev–Trinajstić information content (AvgIpc) is 3.99. The number of fused-ring (bicyclic) bond motifs is 2. The van der Waals surface area contributed by atoms with Crippen LogP contribution in [0.15, 0.2) is 71.7 Å². The van der Waals surface area contributed by atoms with E-state index in [4.69, 9.17) is 75.3 Å². The number of aromatic amines is 1. The van der Waals surface area contributed by atoms with E-state index in [-0.39, 0.29) is 117 Å². The summed E-state index contributed by atoms with van der Waals surface area (Å²) in [5.74, 6) is -1.16. The number of rotatable bonds is 29. The Labute approximate surface area is 474 Å². The Hall–Kier alpha value is -7.74. The Balaban J connectivity index is 0.741. The van der Waals surface area contributed by atoms with E-state index in [9.17, 15) is 29.1 Å². The van der Waals surface area contributed by atoms with Crippen molar-refractivity contribution in [2.24, 2.45) is 0 Å². The average molecular weight is 1160 g/mol. The number of nitrogens with two attached hydrogens (primary N) is 2. The van der Waals surface area contributed by atoms with Gasteiger partial charge in [-0.1, -0.05) is 60.8 Å². The molecule has 0 saturated carbocycles. The second kappa shape index (κ2) is 27.4. The molecule has 0 bridgehead atoms. The number of anilines is 4. The first-order valence-corrected chi connectivity index (χ1v) is 26.4. The number of aliphatic carboxylic acids is 1. The standard InChI is InChI=1S/C53H61Cl3N14O10/c1-30(2)43-42-48(70(67-43)45-37(55)25-32(54)26-38(45)56)63-40(64-49(42)73)24-31-6-12-36(13-7-31)80-53(3,4)51(76)60-17-19-78-21-23-79-22-20-77-18-16-59-41(72)15-14-39(50(74)75)69(29-71)35-10-8-34(9-11-35)68(5)28-33-27-61-47-44(62-33)46(57)65-52(58)66-47/h6-13,25-27,29-30,39H,14-24,28H2,1-5H3,(H,59,72)(H,60,76)(H,74,75)(H,63,64,73)(H4,57,58,61,65,66)/t39-/m1/s1. The highest BCUT2D eigenvalue weighted by molar-refractivity contribution is 6.40. The number of carbonyl (C=O) groups excluding carboxylic acids is 3. The second-order valence-corrected chi connectivity index (χ2v) is 20.3. The lowest BCUT2D eigenvalue weighted by atomic mass is 10.1. The van der Waals surface area contributed by atoms with E-state index in [2.05, 4.69) is 35.6 Å². The van der Waals surface area contributed by atoms with Gasteiger partial charge in [0.1, 0.15) is 28.7 Å². The van der Waals surface area contributed by atoms with E-state index < -0.39 is 23.5 Å². The van der Waals surface area contributed by atoms with Crippen molar-refractivity contribution in [2.45, 2.75) is 71.1 Å². The van der Waals surface area contributed by atoms with E-state index >= 15 is 0 Å². The first-order valence-electron chi connectivity index (χ1n) is 25.3. The third-order valence-electron chi connectivity index (χ3n) is 12.3. The van der Waals surface area contributed by atoms with Crippen LogP contribution in [0.25, 0.3) is 27.9 Å². The first kappa shape index (κ1) is 59.9. The first-order chi connectivity index (χ1) is 38.2. The minimum absolute atomic E-state index is 0.00400. The Bertz CT molecular complexity index is 3360. The normalized spacial score (nSPS) is 12.0. The molecule has 7 aromatic rings. The van der Waals surface area contributed by atoms with E-state index in [0.29, 0.717) is 68.9 Å². The maximum absolute atomic E-state index is 13.5.